The second-order valence-electron chi connectivity index (χ2n) is 6.37. The van der Waals surface area contributed by atoms with Gasteiger partial charge in [0, 0.05) is 37.6 Å². The molecular formula is C17H28N2O. The molecule has 0 N–H and O–H groups in total. The lowest BCUT2D eigenvalue weighted by Crippen LogP contribution is -2.20. The van der Waals surface area contributed by atoms with Crippen LogP contribution in [-0.2, 0) is 11.2 Å². The third-order valence-electron chi connectivity index (χ3n) is 4.08. The Morgan fingerprint density at radius 1 is 1.25 bits per heavy atom. The highest BCUT2D eigenvalue weighted by atomic mass is 16.5. The zero-order chi connectivity index (χ0) is 14.5. The summed E-state index contributed by atoms with van der Waals surface area (Å²) in [5.41, 5.74) is 3.98. The van der Waals surface area contributed by atoms with Gasteiger partial charge in [-0.05, 0) is 50.4 Å². The summed E-state index contributed by atoms with van der Waals surface area (Å²) in [5.74, 6) is 1.13. The molecule has 2 rings (SSSR count). The molecule has 0 unspecified atom stereocenters. The number of hydrogen-bond acceptors (Lipinski definition) is 3. The molecule has 1 aliphatic heterocycles. The van der Waals surface area contributed by atoms with Crippen LogP contribution < -0.4 is 0 Å². The molecule has 1 saturated heterocycles. The van der Waals surface area contributed by atoms with Gasteiger partial charge in [-0.3, -0.25) is 4.98 Å². The maximum absolute atomic E-state index is 5.49. The van der Waals surface area contributed by atoms with E-state index in [1.807, 2.05) is 0 Å². The van der Waals surface area contributed by atoms with Gasteiger partial charge in [-0.15, -0.1) is 0 Å². The number of ether oxygens (including phenoxy) is 1. The van der Waals surface area contributed by atoms with Gasteiger partial charge in [0.25, 0.3) is 0 Å². The third-order valence-corrected chi connectivity index (χ3v) is 4.08. The van der Waals surface area contributed by atoms with E-state index in [1.165, 1.54) is 17.0 Å². The van der Waals surface area contributed by atoms with Crippen molar-refractivity contribution in [3.8, 4) is 0 Å². The molecule has 20 heavy (non-hydrogen) atoms. The van der Waals surface area contributed by atoms with E-state index in [1.54, 1.807) is 0 Å². The molecule has 1 aromatic rings. The van der Waals surface area contributed by atoms with Crippen LogP contribution in [0.25, 0.3) is 0 Å². The van der Waals surface area contributed by atoms with Gasteiger partial charge < -0.3 is 9.64 Å². The van der Waals surface area contributed by atoms with Crippen LogP contribution in [0, 0.1) is 0 Å². The van der Waals surface area contributed by atoms with E-state index in [9.17, 15) is 0 Å². The second kappa shape index (κ2) is 7.19. The Morgan fingerprint density at radius 2 is 1.95 bits per heavy atom. The topological polar surface area (TPSA) is 25.4 Å². The predicted molar refractivity (Wildman–Crippen MR) is 83.4 cm³/mol. The van der Waals surface area contributed by atoms with Crippen LogP contribution in [0.2, 0.25) is 0 Å². The molecule has 0 saturated carbocycles. The van der Waals surface area contributed by atoms with Crippen LogP contribution in [0.1, 0.15) is 55.5 Å². The van der Waals surface area contributed by atoms with Crippen LogP contribution >= 0.6 is 0 Å². The first-order chi connectivity index (χ1) is 9.58. The minimum absolute atomic E-state index is 0.497. The van der Waals surface area contributed by atoms with Crippen LogP contribution in [0.15, 0.2) is 12.1 Å². The molecule has 1 aromatic heterocycles. The molecule has 0 amide bonds. The maximum Gasteiger partial charge on any atom is 0.0471 e. The molecular weight excluding hydrogens is 248 g/mol. The minimum Gasteiger partial charge on any atom is -0.381 e. The predicted octanol–water partition coefficient (Wildman–Crippen LogP) is 3.20. The smallest absolute Gasteiger partial charge is 0.0471 e. The standard InChI is InChI=1S/C17H28N2O/c1-13(2)16-6-5-15(14-8-11-20-12-9-14)17(18-16)7-10-19(3)4/h5-6,13-14H,7-12H2,1-4H3. The lowest BCUT2D eigenvalue weighted by molar-refractivity contribution is 0.0850. The summed E-state index contributed by atoms with van der Waals surface area (Å²) < 4.78 is 5.49. The summed E-state index contributed by atoms with van der Waals surface area (Å²) in [5, 5.41) is 0. The fourth-order valence-corrected chi connectivity index (χ4v) is 2.76. The van der Waals surface area contributed by atoms with E-state index in [0.717, 1.165) is 39.0 Å². The molecule has 0 spiro atoms. The number of aromatic nitrogens is 1. The minimum atomic E-state index is 0.497. The van der Waals surface area contributed by atoms with Gasteiger partial charge in [-0.1, -0.05) is 19.9 Å². The van der Waals surface area contributed by atoms with Gasteiger partial charge >= 0.3 is 0 Å². The average Bonchev–Trinajstić information content (AvgIpc) is 2.45. The Kier molecular flexibility index (Phi) is 5.55. The normalized spacial score (nSPS) is 17.1. The van der Waals surface area contributed by atoms with Crippen molar-refractivity contribution < 1.29 is 4.74 Å². The lowest BCUT2D eigenvalue weighted by Gasteiger charge is -2.25. The van der Waals surface area contributed by atoms with Crippen molar-refractivity contribution in [2.45, 2.75) is 44.9 Å². The molecule has 1 fully saturated rings. The van der Waals surface area contributed by atoms with Crippen LogP contribution in [0.4, 0.5) is 0 Å². The summed E-state index contributed by atoms with van der Waals surface area (Å²) in [6.07, 6.45) is 3.32. The van der Waals surface area contributed by atoms with Gasteiger partial charge in [0.05, 0.1) is 0 Å². The molecule has 0 aliphatic carbocycles. The third kappa shape index (κ3) is 4.03. The van der Waals surface area contributed by atoms with Crippen molar-refractivity contribution in [3.63, 3.8) is 0 Å². The Hall–Kier alpha value is -0.930. The molecule has 112 valence electrons. The molecule has 0 atom stereocenters. The quantitative estimate of drug-likeness (QED) is 0.826. The van der Waals surface area contributed by atoms with Crippen LogP contribution in [0.5, 0.6) is 0 Å². The highest BCUT2D eigenvalue weighted by molar-refractivity contribution is 5.28. The van der Waals surface area contributed by atoms with Crippen molar-refractivity contribution in [2.75, 3.05) is 33.9 Å². The summed E-state index contributed by atoms with van der Waals surface area (Å²) in [6, 6.07) is 4.54. The Labute approximate surface area is 123 Å². The van der Waals surface area contributed by atoms with Crippen molar-refractivity contribution in [3.05, 3.63) is 29.1 Å². The van der Waals surface area contributed by atoms with Crippen molar-refractivity contribution in [2.24, 2.45) is 0 Å². The van der Waals surface area contributed by atoms with Gasteiger partial charge in [0.15, 0.2) is 0 Å². The largest absolute Gasteiger partial charge is 0.381 e. The number of nitrogens with zero attached hydrogens (tertiary/aromatic N) is 2. The Balaban J connectivity index is 2.23. The van der Waals surface area contributed by atoms with Gasteiger partial charge in [-0.25, -0.2) is 0 Å². The summed E-state index contributed by atoms with van der Waals surface area (Å²) in [7, 11) is 4.25. The summed E-state index contributed by atoms with van der Waals surface area (Å²) >= 11 is 0. The molecule has 0 aromatic carbocycles. The number of pyridine rings is 1. The van der Waals surface area contributed by atoms with Gasteiger partial charge in [0.1, 0.15) is 0 Å². The first-order valence-corrected chi connectivity index (χ1v) is 7.80. The first-order valence-electron chi connectivity index (χ1n) is 7.80. The van der Waals surface area contributed by atoms with Gasteiger partial charge in [-0.2, -0.15) is 0 Å². The number of hydrogen-bond donors (Lipinski definition) is 0. The zero-order valence-corrected chi connectivity index (χ0v) is 13.4. The molecule has 3 nitrogen and oxygen atoms in total. The van der Waals surface area contributed by atoms with Crippen molar-refractivity contribution in [1.82, 2.24) is 9.88 Å². The molecule has 0 radical (unpaired) electrons. The van der Waals surface area contributed by atoms with E-state index in [-0.39, 0.29) is 0 Å². The Bertz CT molecular complexity index is 423. The fourth-order valence-electron chi connectivity index (χ4n) is 2.76. The van der Waals surface area contributed by atoms with Crippen LogP contribution in [0.3, 0.4) is 0 Å². The van der Waals surface area contributed by atoms with E-state index in [2.05, 4.69) is 45.0 Å². The van der Waals surface area contributed by atoms with E-state index in [0.29, 0.717) is 11.8 Å². The van der Waals surface area contributed by atoms with Crippen LogP contribution in [-0.4, -0.2) is 43.7 Å². The first kappa shape index (κ1) is 15.5. The monoisotopic (exact) mass is 276 g/mol. The van der Waals surface area contributed by atoms with Gasteiger partial charge in [0.2, 0.25) is 0 Å². The SMILES string of the molecule is CC(C)c1ccc(C2CCOCC2)c(CCN(C)C)n1. The molecule has 3 heteroatoms. The summed E-state index contributed by atoms with van der Waals surface area (Å²) in [4.78, 5) is 7.19. The van der Waals surface area contributed by atoms with E-state index < -0.39 is 0 Å². The zero-order valence-electron chi connectivity index (χ0n) is 13.4. The maximum atomic E-state index is 5.49. The average molecular weight is 276 g/mol. The lowest BCUT2D eigenvalue weighted by atomic mass is 9.89. The van der Waals surface area contributed by atoms with E-state index in [4.69, 9.17) is 9.72 Å². The molecule has 2 heterocycles. The fraction of sp³-hybridized carbons (Fsp3) is 0.706. The highest BCUT2D eigenvalue weighted by Crippen LogP contribution is 2.30. The number of rotatable bonds is 5. The van der Waals surface area contributed by atoms with E-state index >= 15 is 0 Å². The molecule has 1 aliphatic rings. The van der Waals surface area contributed by atoms with Crippen molar-refractivity contribution >= 4 is 0 Å². The van der Waals surface area contributed by atoms with Crippen molar-refractivity contribution in [1.29, 1.82) is 0 Å². The summed E-state index contributed by atoms with van der Waals surface area (Å²) in [6.45, 7) is 7.27. The second-order valence-corrected chi connectivity index (χ2v) is 6.37. The highest BCUT2D eigenvalue weighted by Gasteiger charge is 2.20. The molecule has 0 bridgehead atoms. The number of likely N-dealkylation sites (N-methyl/N-ethyl adjacent to an activating group) is 1. The Morgan fingerprint density at radius 3 is 2.55 bits per heavy atom.